The van der Waals surface area contributed by atoms with Gasteiger partial charge in [-0.25, -0.2) is 0 Å². The van der Waals surface area contributed by atoms with E-state index in [1.165, 1.54) is 0 Å². The number of benzene rings is 1. The first-order valence-corrected chi connectivity index (χ1v) is 6.80. The predicted octanol–water partition coefficient (Wildman–Crippen LogP) is 2.17. The van der Waals surface area contributed by atoms with Crippen LogP contribution in [0.25, 0.3) is 0 Å². The number of anilines is 1. The highest BCUT2D eigenvalue weighted by molar-refractivity contribution is 7.15. The Morgan fingerprint density at radius 3 is 2.55 bits per heavy atom. The molecule has 0 spiro atoms. The van der Waals surface area contributed by atoms with Crippen LogP contribution in [0, 0.1) is 20.2 Å². The zero-order valence-corrected chi connectivity index (χ0v) is 12.0. The van der Waals surface area contributed by atoms with Crippen molar-refractivity contribution in [2.24, 2.45) is 0 Å². The number of nitrogens with one attached hydrogen (secondary N) is 1. The van der Waals surface area contributed by atoms with E-state index in [2.05, 4.69) is 15.5 Å². The first kappa shape index (κ1) is 15.4. The lowest BCUT2D eigenvalue weighted by Gasteiger charge is -2.02. The van der Waals surface area contributed by atoms with Crippen LogP contribution in [-0.4, -0.2) is 26.0 Å². The Balaban J connectivity index is 2.32. The van der Waals surface area contributed by atoms with E-state index < -0.39 is 27.1 Å². The molecule has 0 bridgehead atoms. The number of carbonyl (C=O) groups excluding carboxylic acids is 1. The van der Waals surface area contributed by atoms with Crippen molar-refractivity contribution in [3.8, 4) is 0 Å². The fourth-order valence-corrected chi connectivity index (χ4v) is 2.26. The van der Waals surface area contributed by atoms with Crippen LogP contribution < -0.4 is 5.32 Å². The number of hydrogen-bond donors (Lipinski definition) is 1. The number of non-ortho nitro benzene ring substituents is 1. The molecule has 1 N–H and O–H groups in total. The fraction of sp³-hybridized carbons (Fsp3) is 0.182. The Kier molecular flexibility index (Phi) is 4.36. The summed E-state index contributed by atoms with van der Waals surface area (Å²) in [4.78, 5) is 32.1. The SMILES string of the molecule is CCc1nnc(NC(=O)c2ccc([N+](=O)[O-])cc2[N+](=O)[O-])s1. The lowest BCUT2D eigenvalue weighted by molar-refractivity contribution is -0.394. The van der Waals surface area contributed by atoms with Crippen molar-refractivity contribution in [3.63, 3.8) is 0 Å². The number of carbonyl (C=O) groups is 1. The summed E-state index contributed by atoms with van der Waals surface area (Å²) in [7, 11) is 0. The normalized spacial score (nSPS) is 10.2. The summed E-state index contributed by atoms with van der Waals surface area (Å²) in [6.45, 7) is 1.87. The molecule has 0 fully saturated rings. The maximum absolute atomic E-state index is 12.1. The van der Waals surface area contributed by atoms with Crippen molar-refractivity contribution >= 4 is 33.8 Å². The molecule has 0 aliphatic heterocycles. The predicted molar refractivity (Wildman–Crippen MR) is 77.0 cm³/mol. The Morgan fingerprint density at radius 2 is 2.00 bits per heavy atom. The molecular formula is C11H9N5O5S. The largest absolute Gasteiger partial charge is 0.296 e. The minimum absolute atomic E-state index is 0.203. The van der Waals surface area contributed by atoms with E-state index >= 15 is 0 Å². The number of rotatable bonds is 5. The Bertz CT molecular complexity index is 759. The van der Waals surface area contributed by atoms with E-state index in [9.17, 15) is 25.0 Å². The monoisotopic (exact) mass is 323 g/mol. The number of nitro benzene ring substituents is 2. The van der Waals surface area contributed by atoms with Crippen molar-refractivity contribution < 1.29 is 14.6 Å². The van der Waals surface area contributed by atoms with E-state index in [0.29, 0.717) is 11.4 Å². The van der Waals surface area contributed by atoms with Gasteiger partial charge in [-0.1, -0.05) is 18.3 Å². The summed E-state index contributed by atoms with van der Waals surface area (Å²) in [5.74, 6) is -0.777. The van der Waals surface area contributed by atoms with Gasteiger partial charge < -0.3 is 0 Å². The number of hydrogen-bond acceptors (Lipinski definition) is 8. The van der Waals surface area contributed by atoms with E-state index in [-0.39, 0.29) is 10.7 Å². The van der Waals surface area contributed by atoms with E-state index in [1.54, 1.807) is 0 Å². The molecule has 1 heterocycles. The van der Waals surface area contributed by atoms with Crippen LogP contribution in [0.15, 0.2) is 18.2 Å². The molecule has 0 saturated carbocycles. The summed E-state index contributed by atoms with van der Waals surface area (Å²) in [5.41, 5.74) is -1.40. The molecule has 10 nitrogen and oxygen atoms in total. The maximum Gasteiger partial charge on any atom is 0.289 e. The lowest BCUT2D eigenvalue weighted by atomic mass is 10.1. The average molecular weight is 323 g/mol. The van der Waals surface area contributed by atoms with Gasteiger partial charge in [0, 0.05) is 6.07 Å². The molecule has 0 radical (unpaired) electrons. The minimum Gasteiger partial charge on any atom is -0.296 e. The second-order valence-corrected chi connectivity index (χ2v) is 5.09. The Labute approximate surface area is 127 Å². The van der Waals surface area contributed by atoms with Gasteiger partial charge in [0.05, 0.1) is 15.9 Å². The highest BCUT2D eigenvalue weighted by atomic mass is 32.1. The molecule has 2 rings (SSSR count). The third kappa shape index (κ3) is 3.20. The topological polar surface area (TPSA) is 141 Å². The van der Waals surface area contributed by atoms with Gasteiger partial charge in [-0.2, -0.15) is 0 Å². The van der Waals surface area contributed by atoms with E-state index in [1.807, 2.05) is 6.92 Å². The Hall–Kier alpha value is -2.95. The fourth-order valence-electron chi connectivity index (χ4n) is 1.59. The molecule has 1 amide bonds. The zero-order chi connectivity index (χ0) is 16.3. The number of aryl methyl sites for hydroxylation is 1. The molecular weight excluding hydrogens is 314 g/mol. The van der Waals surface area contributed by atoms with Crippen molar-refractivity contribution in [3.05, 3.63) is 49.0 Å². The van der Waals surface area contributed by atoms with E-state index in [0.717, 1.165) is 29.5 Å². The number of aromatic nitrogens is 2. The van der Waals surface area contributed by atoms with Gasteiger partial charge in [0.1, 0.15) is 10.6 Å². The number of nitro groups is 2. The first-order valence-electron chi connectivity index (χ1n) is 5.99. The quantitative estimate of drug-likeness (QED) is 0.656. The van der Waals surface area contributed by atoms with Gasteiger partial charge in [-0.15, -0.1) is 10.2 Å². The molecule has 0 aliphatic rings. The van der Waals surface area contributed by atoms with Crippen molar-refractivity contribution in [2.75, 3.05) is 5.32 Å². The second kappa shape index (κ2) is 6.22. The molecule has 1 aromatic heterocycles. The van der Waals surface area contributed by atoms with Gasteiger partial charge in [-0.3, -0.25) is 30.3 Å². The van der Waals surface area contributed by atoms with Gasteiger partial charge in [0.2, 0.25) is 5.13 Å². The lowest BCUT2D eigenvalue weighted by Crippen LogP contribution is -2.14. The van der Waals surface area contributed by atoms with Crippen LogP contribution in [0.2, 0.25) is 0 Å². The molecule has 2 aromatic rings. The van der Waals surface area contributed by atoms with Gasteiger partial charge in [0.25, 0.3) is 17.3 Å². The highest BCUT2D eigenvalue weighted by Crippen LogP contribution is 2.26. The number of nitrogens with zero attached hydrogens (tertiary/aromatic N) is 4. The summed E-state index contributed by atoms with van der Waals surface area (Å²) in [6, 6.07) is 2.80. The van der Waals surface area contributed by atoms with Crippen LogP contribution in [0.4, 0.5) is 16.5 Å². The first-order chi connectivity index (χ1) is 10.4. The molecule has 0 saturated heterocycles. The summed E-state index contributed by atoms with van der Waals surface area (Å²) >= 11 is 1.15. The third-order valence-electron chi connectivity index (χ3n) is 2.62. The van der Waals surface area contributed by atoms with Gasteiger partial charge in [-0.05, 0) is 12.5 Å². The summed E-state index contributed by atoms with van der Waals surface area (Å²) < 4.78 is 0. The molecule has 0 atom stereocenters. The third-order valence-corrected chi connectivity index (χ3v) is 3.61. The zero-order valence-electron chi connectivity index (χ0n) is 11.2. The standard InChI is InChI=1S/C11H9N5O5S/c1-2-9-13-14-11(22-9)12-10(17)7-4-3-6(15(18)19)5-8(7)16(20)21/h3-5H,2H2,1H3,(H,12,14,17). The average Bonchev–Trinajstić information content (AvgIpc) is 2.94. The van der Waals surface area contributed by atoms with E-state index in [4.69, 9.17) is 0 Å². The van der Waals surface area contributed by atoms with Gasteiger partial charge >= 0.3 is 0 Å². The van der Waals surface area contributed by atoms with Crippen LogP contribution in [0.5, 0.6) is 0 Å². The van der Waals surface area contributed by atoms with Crippen LogP contribution in [-0.2, 0) is 6.42 Å². The van der Waals surface area contributed by atoms with Crippen LogP contribution >= 0.6 is 11.3 Å². The highest BCUT2D eigenvalue weighted by Gasteiger charge is 2.24. The van der Waals surface area contributed by atoms with Crippen molar-refractivity contribution in [2.45, 2.75) is 13.3 Å². The second-order valence-electron chi connectivity index (χ2n) is 4.02. The molecule has 1 aromatic carbocycles. The van der Waals surface area contributed by atoms with Gasteiger partial charge in [0.15, 0.2) is 0 Å². The smallest absolute Gasteiger partial charge is 0.289 e. The Morgan fingerprint density at radius 1 is 1.27 bits per heavy atom. The minimum atomic E-state index is -0.848. The summed E-state index contributed by atoms with van der Waals surface area (Å²) in [6.07, 6.45) is 0.644. The van der Waals surface area contributed by atoms with Crippen LogP contribution in [0.3, 0.4) is 0 Å². The van der Waals surface area contributed by atoms with Crippen molar-refractivity contribution in [1.82, 2.24) is 10.2 Å². The number of amides is 1. The van der Waals surface area contributed by atoms with Crippen LogP contribution in [0.1, 0.15) is 22.3 Å². The molecule has 114 valence electrons. The van der Waals surface area contributed by atoms with Crippen molar-refractivity contribution in [1.29, 1.82) is 0 Å². The maximum atomic E-state index is 12.1. The molecule has 0 unspecified atom stereocenters. The molecule has 22 heavy (non-hydrogen) atoms. The summed E-state index contributed by atoms with van der Waals surface area (Å²) in [5, 5.41) is 32.5. The molecule has 0 aliphatic carbocycles. The molecule has 11 heteroatoms.